The number of benzene rings is 1. The molecule has 5 nitrogen and oxygen atoms in total. The highest BCUT2D eigenvalue weighted by Crippen LogP contribution is 2.78. The van der Waals surface area contributed by atoms with E-state index in [-0.39, 0.29) is 27.9 Å². The molecule has 1 aromatic heterocycles. The molecule has 0 radical (unpaired) electrons. The molecule has 2 spiro atoms. The van der Waals surface area contributed by atoms with Gasteiger partial charge >= 0.3 is 0 Å². The molecule has 4 saturated carbocycles. The normalized spacial score (nSPS) is 41.9. The molecule has 0 amide bonds. The van der Waals surface area contributed by atoms with Crippen molar-refractivity contribution in [1.82, 2.24) is 4.90 Å². The highest BCUT2D eigenvalue weighted by atomic mass is 16.6. The molecule has 9 rings (SSSR count). The van der Waals surface area contributed by atoms with Crippen LogP contribution < -0.4 is 4.74 Å². The van der Waals surface area contributed by atoms with Gasteiger partial charge in [0.15, 0.2) is 0 Å². The number of hydrogen-bond acceptors (Lipinski definition) is 5. The first kappa shape index (κ1) is 22.2. The Labute approximate surface area is 214 Å². The molecule has 1 unspecified atom stereocenters. The Bertz CT molecular complexity index is 1210. The lowest BCUT2D eigenvalue weighted by molar-refractivity contribution is -0.314. The van der Waals surface area contributed by atoms with Crippen molar-refractivity contribution in [2.45, 2.75) is 88.6 Å². The molecule has 4 bridgehead atoms. The average molecular weight is 490 g/mol. The molecular weight excluding hydrogens is 450 g/mol. The lowest BCUT2D eigenvalue weighted by Crippen LogP contribution is -2.83. The van der Waals surface area contributed by atoms with E-state index < -0.39 is 0 Å². The molecule has 2 aromatic rings. The predicted octanol–water partition coefficient (Wildman–Crippen LogP) is 5.42. The molecule has 192 valence electrons. The first-order chi connectivity index (χ1) is 17.5. The number of nitrogens with zero attached hydrogens (tertiary/aromatic N) is 1. The van der Waals surface area contributed by atoms with Crippen molar-refractivity contribution in [1.29, 1.82) is 0 Å². The van der Waals surface area contributed by atoms with Gasteiger partial charge in [-0.15, -0.1) is 0 Å². The van der Waals surface area contributed by atoms with Crippen LogP contribution in [-0.2, 0) is 27.9 Å². The molecule has 5 aliphatic carbocycles. The zero-order valence-corrected chi connectivity index (χ0v) is 22.0. The summed E-state index contributed by atoms with van der Waals surface area (Å²) in [4.78, 5) is 2.92. The second-order valence-electron chi connectivity index (χ2n) is 13.2. The van der Waals surface area contributed by atoms with Gasteiger partial charge < -0.3 is 18.6 Å². The fraction of sp³-hybridized carbons (Fsp3) is 0.677. The van der Waals surface area contributed by atoms with Crippen LogP contribution in [0.5, 0.6) is 5.75 Å². The molecule has 7 aliphatic rings. The van der Waals surface area contributed by atoms with E-state index in [1.54, 1.807) is 23.7 Å². The number of ether oxygens (including phenoxy) is 3. The van der Waals surface area contributed by atoms with Crippen molar-refractivity contribution in [2.75, 3.05) is 26.8 Å². The largest absolute Gasteiger partial charge is 0.486 e. The van der Waals surface area contributed by atoms with E-state index in [0.717, 1.165) is 24.3 Å². The van der Waals surface area contributed by atoms with E-state index in [1.807, 2.05) is 13.2 Å². The summed E-state index contributed by atoms with van der Waals surface area (Å²) in [6.07, 6.45) is 12.2. The van der Waals surface area contributed by atoms with Crippen molar-refractivity contribution < 1.29 is 18.6 Å². The molecule has 2 aliphatic heterocycles. The lowest BCUT2D eigenvalue weighted by atomic mass is 9.32. The maximum atomic E-state index is 7.19. The van der Waals surface area contributed by atoms with E-state index in [4.69, 9.17) is 18.6 Å². The van der Waals surface area contributed by atoms with Crippen LogP contribution in [0.25, 0.3) is 0 Å². The van der Waals surface area contributed by atoms with Crippen LogP contribution in [0.2, 0.25) is 0 Å². The molecule has 6 atom stereocenters. The van der Waals surface area contributed by atoms with E-state index in [9.17, 15) is 0 Å². The van der Waals surface area contributed by atoms with Crippen LogP contribution in [0, 0.1) is 23.7 Å². The van der Waals surface area contributed by atoms with Crippen LogP contribution in [0.4, 0.5) is 0 Å². The summed E-state index contributed by atoms with van der Waals surface area (Å²) in [6, 6.07) is 7.31. The van der Waals surface area contributed by atoms with Gasteiger partial charge in [-0.2, -0.15) is 0 Å². The maximum absolute atomic E-state index is 7.19. The number of likely N-dealkylation sites (tertiary alicyclic amines) is 1. The lowest BCUT2D eigenvalue weighted by Gasteiger charge is -2.76. The van der Waals surface area contributed by atoms with Crippen molar-refractivity contribution in [2.24, 2.45) is 16.7 Å². The Morgan fingerprint density at radius 3 is 2.81 bits per heavy atom. The van der Waals surface area contributed by atoms with Gasteiger partial charge in [0.1, 0.15) is 17.5 Å². The topological polar surface area (TPSA) is 44.1 Å². The summed E-state index contributed by atoms with van der Waals surface area (Å²) in [5.74, 6) is 2.10. The van der Waals surface area contributed by atoms with Crippen LogP contribution in [0.15, 0.2) is 35.1 Å². The fourth-order valence-corrected chi connectivity index (χ4v) is 10.1. The molecular formula is C31H39NO4. The highest BCUT2D eigenvalue weighted by Gasteiger charge is 2.82. The Hall–Kier alpha value is -1.82. The third-order valence-corrected chi connectivity index (χ3v) is 11.7. The Kier molecular flexibility index (Phi) is 4.43. The number of rotatable bonds is 7. The number of furan rings is 1. The van der Waals surface area contributed by atoms with E-state index in [2.05, 4.69) is 30.9 Å². The predicted molar refractivity (Wildman–Crippen MR) is 136 cm³/mol. The number of piperidine rings is 1. The Morgan fingerprint density at radius 2 is 2.03 bits per heavy atom. The summed E-state index contributed by atoms with van der Waals surface area (Å²) in [5, 5.41) is 0. The van der Waals surface area contributed by atoms with Crippen LogP contribution in [0.1, 0.15) is 67.7 Å². The Balaban J connectivity index is 1.27. The number of aryl methyl sites for hydroxylation is 1. The SMILES string of the molecule is CO[C@]12CC[C@@]3(C[C@]1(C)COCc1ccoc1)[C@H]1Cc4ccc(C)c5c4[C@@]3(CCN1CC1CC1)C2O5. The van der Waals surface area contributed by atoms with Gasteiger partial charge in [-0.1, -0.05) is 19.1 Å². The zero-order valence-electron chi connectivity index (χ0n) is 22.0. The molecule has 1 saturated heterocycles. The molecule has 5 fully saturated rings. The maximum Gasteiger partial charge on any atom is 0.139 e. The zero-order chi connectivity index (χ0) is 24.3. The second kappa shape index (κ2) is 7.18. The van der Waals surface area contributed by atoms with Crippen molar-refractivity contribution >= 4 is 0 Å². The monoisotopic (exact) mass is 489 g/mol. The summed E-state index contributed by atoms with van der Waals surface area (Å²) in [5.41, 5.74) is 5.30. The number of methoxy groups -OCH3 is 1. The minimum absolute atomic E-state index is 0.0563. The van der Waals surface area contributed by atoms with Gasteiger partial charge in [-0.3, -0.25) is 4.90 Å². The fourth-order valence-electron chi connectivity index (χ4n) is 10.1. The summed E-state index contributed by atoms with van der Waals surface area (Å²) in [6.45, 7) is 8.42. The first-order valence-electron chi connectivity index (χ1n) is 14.1. The summed E-state index contributed by atoms with van der Waals surface area (Å²) < 4.78 is 25.7. The number of fused-ring (bicyclic) bond motifs is 2. The van der Waals surface area contributed by atoms with Crippen molar-refractivity contribution in [3.63, 3.8) is 0 Å². The molecule has 36 heavy (non-hydrogen) atoms. The third kappa shape index (κ3) is 2.49. The van der Waals surface area contributed by atoms with Gasteiger partial charge in [-0.25, -0.2) is 0 Å². The van der Waals surface area contributed by atoms with Crippen molar-refractivity contribution in [3.8, 4) is 5.75 Å². The van der Waals surface area contributed by atoms with Gasteiger partial charge in [0.25, 0.3) is 0 Å². The van der Waals surface area contributed by atoms with Crippen LogP contribution in [0.3, 0.4) is 0 Å². The molecule has 1 aromatic carbocycles. The van der Waals surface area contributed by atoms with E-state index >= 15 is 0 Å². The average Bonchev–Trinajstić information content (AvgIpc) is 3.38. The first-order valence-corrected chi connectivity index (χ1v) is 14.1. The van der Waals surface area contributed by atoms with E-state index in [0.29, 0.717) is 19.3 Å². The van der Waals surface area contributed by atoms with Crippen molar-refractivity contribution in [3.05, 3.63) is 53.0 Å². The standard InChI is InChI=1S/C31H39NO4/c1-20-4-7-23-14-24-29-9-10-31(33-3,28(2,18-29)19-35-17-22-8-13-34-16-22)27-30(29,25(23)26(20)36-27)11-12-32(24)15-21-5-6-21/h4,7-8,13,16,21,24,27H,5-6,9-12,14-15,17-19H2,1-3H3/t24-,27?,28-,29-,30+,31+/m1/s1. The quantitative estimate of drug-likeness (QED) is 0.520. The smallest absolute Gasteiger partial charge is 0.139 e. The third-order valence-electron chi connectivity index (χ3n) is 11.7. The number of hydrogen-bond donors (Lipinski definition) is 0. The summed E-state index contributed by atoms with van der Waals surface area (Å²) in [7, 11) is 1.94. The minimum Gasteiger partial charge on any atom is -0.486 e. The highest BCUT2D eigenvalue weighted by molar-refractivity contribution is 5.61. The van der Waals surface area contributed by atoms with Gasteiger partial charge in [0, 0.05) is 47.1 Å². The van der Waals surface area contributed by atoms with E-state index in [1.165, 1.54) is 56.5 Å². The minimum atomic E-state index is -0.353. The van der Waals surface area contributed by atoms with Gasteiger partial charge in [0.2, 0.25) is 0 Å². The molecule has 0 N–H and O–H groups in total. The molecule has 3 heterocycles. The van der Waals surface area contributed by atoms with Gasteiger partial charge in [0.05, 0.1) is 25.7 Å². The second-order valence-corrected chi connectivity index (χ2v) is 13.2. The van der Waals surface area contributed by atoms with Gasteiger partial charge in [-0.05, 0) is 81.5 Å². The Morgan fingerprint density at radius 1 is 1.14 bits per heavy atom. The molecule has 5 heteroatoms. The summed E-state index contributed by atoms with van der Waals surface area (Å²) >= 11 is 0. The van der Waals surface area contributed by atoms with Crippen LogP contribution >= 0.6 is 0 Å². The van der Waals surface area contributed by atoms with Crippen LogP contribution in [-0.4, -0.2) is 49.5 Å².